The summed E-state index contributed by atoms with van der Waals surface area (Å²) in [4.78, 5) is 47.0. The first-order chi connectivity index (χ1) is 22.3. The van der Waals surface area contributed by atoms with Crippen molar-refractivity contribution in [3.8, 4) is 5.75 Å². The number of carbonyl (C=O) groups excluding carboxylic acids is 1. The van der Waals surface area contributed by atoms with Crippen LogP contribution in [-0.4, -0.2) is 46.7 Å². The molecule has 236 valence electrons. The van der Waals surface area contributed by atoms with Gasteiger partial charge >= 0.3 is 11.7 Å². The second-order valence-electron chi connectivity index (χ2n) is 10.8. The van der Waals surface area contributed by atoms with Crippen molar-refractivity contribution in [2.75, 3.05) is 23.9 Å². The third kappa shape index (κ3) is 7.35. The number of ether oxygens (including phenoxy) is 1. The molecule has 0 fully saturated rings. The molecule has 0 aliphatic carbocycles. The van der Waals surface area contributed by atoms with E-state index in [1.165, 1.54) is 4.90 Å². The molecule has 10 heteroatoms. The van der Waals surface area contributed by atoms with Crippen LogP contribution in [0.4, 0.5) is 16.5 Å². The van der Waals surface area contributed by atoms with E-state index in [4.69, 9.17) is 9.15 Å². The molecule has 1 aromatic heterocycles. The van der Waals surface area contributed by atoms with Crippen LogP contribution in [-0.2, 0) is 24.3 Å². The molecule has 0 aliphatic heterocycles. The maximum atomic E-state index is 14.0. The van der Waals surface area contributed by atoms with E-state index in [1.807, 2.05) is 67.6 Å². The van der Waals surface area contributed by atoms with Crippen LogP contribution in [0, 0.1) is 6.92 Å². The van der Waals surface area contributed by atoms with Gasteiger partial charge in [-0.25, -0.2) is 9.59 Å². The summed E-state index contributed by atoms with van der Waals surface area (Å²) in [5.74, 6) is 0.527. The molecule has 4 aromatic carbocycles. The lowest BCUT2D eigenvalue weighted by atomic mass is 10.0. The number of carboxylic acid groups (broad SMARTS) is 1. The van der Waals surface area contributed by atoms with Gasteiger partial charge in [0.25, 0.3) is 6.01 Å². The summed E-state index contributed by atoms with van der Waals surface area (Å²) in [7, 11) is 1.59. The number of aromatic nitrogens is 1. The second-order valence-corrected chi connectivity index (χ2v) is 10.8. The minimum absolute atomic E-state index is 0.0350. The fourth-order valence-electron chi connectivity index (χ4n) is 5.36. The van der Waals surface area contributed by atoms with Gasteiger partial charge in [-0.3, -0.25) is 9.69 Å². The van der Waals surface area contributed by atoms with Gasteiger partial charge in [-0.05, 0) is 66.4 Å². The number of nitrogens with one attached hydrogen (secondary N) is 1. The standard InChI is InChI=1S/C36H36N4O6/c1-4-39(22-26-11-7-5-8-12-26)33(41)31(21-25-15-18-29(45-3)19-16-25)38-35-37-30-20-17-27(24(2)32(30)34(42)46-35)23-40(36(43)44)28-13-9-6-10-14-28/h5-20,31H,4,21-23H2,1-3H3,(H,37,38)(H,43,44). The highest BCUT2D eigenvalue weighted by Crippen LogP contribution is 2.24. The summed E-state index contributed by atoms with van der Waals surface area (Å²) in [6, 6.07) is 28.5. The van der Waals surface area contributed by atoms with E-state index in [0.29, 0.717) is 47.6 Å². The Morgan fingerprint density at radius 1 is 0.913 bits per heavy atom. The van der Waals surface area contributed by atoms with Crippen molar-refractivity contribution in [1.82, 2.24) is 9.88 Å². The smallest absolute Gasteiger partial charge is 0.412 e. The van der Waals surface area contributed by atoms with E-state index < -0.39 is 17.8 Å². The molecule has 0 saturated heterocycles. The zero-order valence-corrected chi connectivity index (χ0v) is 26.0. The molecule has 1 unspecified atom stereocenters. The quantitative estimate of drug-likeness (QED) is 0.167. The summed E-state index contributed by atoms with van der Waals surface area (Å²) in [5.41, 5.74) is 3.33. The van der Waals surface area contributed by atoms with Crippen LogP contribution in [0.1, 0.15) is 29.2 Å². The van der Waals surface area contributed by atoms with Crippen molar-refractivity contribution in [2.45, 2.75) is 39.4 Å². The number of hydrogen-bond donors (Lipinski definition) is 2. The number of hydrogen-bond acceptors (Lipinski definition) is 7. The van der Waals surface area contributed by atoms with Gasteiger partial charge in [-0.1, -0.05) is 66.7 Å². The van der Waals surface area contributed by atoms with E-state index >= 15 is 0 Å². The lowest BCUT2D eigenvalue weighted by Crippen LogP contribution is -2.44. The summed E-state index contributed by atoms with van der Waals surface area (Å²) in [6.45, 7) is 4.59. The summed E-state index contributed by atoms with van der Waals surface area (Å²) in [6.07, 6.45) is -0.809. The minimum Gasteiger partial charge on any atom is -0.497 e. The largest absolute Gasteiger partial charge is 0.497 e. The molecular formula is C36H36N4O6. The van der Waals surface area contributed by atoms with Gasteiger partial charge in [0, 0.05) is 25.2 Å². The van der Waals surface area contributed by atoms with Gasteiger partial charge in [0.05, 0.1) is 24.6 Å². The normalized spacial score (nSPS) is 11.5. The van der Waals surface area contributed by atoms with Crippen LogP contribution < -0.4 is 20.6 Å². The van der Waals surface area contributed by atoms with E-state index in [-0.39, 0.29) is 23.9 Å². The van der Waals surface area contributed by atoms with Crippen LogP contribution in [0.2, 0.25) is 0 Å². The number of carbonyl (C=O) groups is 2. The zero-order chi connectivity index (χ0) is 32.6. The maximum Gasteiger partial charge on any atom is 0.412 e. The number of fused-ring (bicyclic) bond motifs is 1. The molecule has 0 bridgehead atoms. The summed E-state index contributed by atoms with van der Waals surface area (Å²) in [5, 5.41) is 13.2. The van der Waals surface area contributed by atoms with Crippen LogP contribution in [0.5, 0.6) is 5.75 Å². The first-order valence-electron chi connectivity index (χ1n) is 15.0. The molecule has 2 amide bonds. The van der Waals surface area contributed by atoms with Gasteiger partial charge < -0.3 is 24.5 Å². The SMILES string of the molecule is CCN(Cc1ccccc1)C(=O)C(Cc1ccc(OC)cc1)Nc1nc2ccc(CN(C(=O)O)c3ccccc3)c(C)c2c(=O)o1. The lowest BCUT2D eigenvalue weighted by molar-refractivity contribution is -0.132. The first-order valence-corrected chi connectivity index (χ1v) is 15.0. The van der Waals surface area contributed by atoms with Crippen molar-refractivity contribution < 1.29 is 23.8 Å². The van der Waals surface area contributed by atoms with Gasteiger partial charge in [0.1, 0.15) is 11.8 Å². The Bertz CT molecular complexity index is 1860. The molecule has 0 radical (unpaired) electrons. The Kier molecular flexibility index (Phi) is 9.97. The highest BCUT2D eigenvalue weighted by atomic mass is 16.5. The number of nitrogens with zero attached hydrogens (tertiary/aromatic N) is 3. The zero-order valence-electron chi connectivity index (χ0n) is 26.0. The van der Waals surface area contributed by atoms with E-state index in [2.05, 4.69) is 10.3 Å². The average molecular weight is 621 g/mol. The van der Waals surface area contributed by atoms with Crippen LogP contribution in [0.3, 0.4) is 0 Å². The third-order valence-corrected chi connectivity index (χ3v) is 7.90. The van der Waals surface area contributed by atoms with Gasteiger partial charge in [-0.15, -0.1) is 0 Å². The van der Waals surface area contributed by atoms with Gasteiger partial charge in [0.15, 0.2) is 0 Å². The Balaban J connectivity index is 1.45. The molecule has 0 aliphatic rings. The molecule has 0 saturated carbocycles. The summed E-state index contributed by atoms with van der Waals surface area (Å²) < 4.78 is 10.9. The number of para-hydroxylation sites is 1. The highest BCUT2D eigenvalue weighted by molar-refractivity contribution is 5.88. The minimum atomic E-state index is -1.11. The first kappa shape index (κ1) is 31.8. The number of likely N-dealkylation sites (N-methyl/N-ethyl adjacent to an activating group) is 1. The van der Waals surface area contributed by atoms with Crippen molar-refractivity contribution in [3.63, 3.8) is 0 Å². The Morgan fingerprint density at radius 2 is 1.59 bits per heavy atom. The summed E-state index contributed by atoms with van der Waals surface area (Å²) >= 11 is 0. The van der Waals surface area contributed by atoms with Gasteiger partial charge in [-0.2, -0.15) is 4.98 Å². The predicted molar refractivity (Wildman–Crippen MR) is 177 cm³/mol. The van der Waals surface area contributed by atoms with Gasteiger partial charge in [0.2, 0.25) is 5.91 Å². The number of benzene rings is 4. The number of anilines is 2. The van der Waals surface area contributed by atoms with E-state index in [0.717, 1.165) is 11.1 Å². The second kappa shape index (κ2) is 14.4. The Hall–Kier alpha value is -5.64. The molecular weight excluding hydrogens is 584 g/mol. The molecule has 10 nitrogen and oxygen atoms in total. The van der Waals surface area contributed by atoms with Crippen LogP contribution in [0.25, 0.3) is 10.9 Å². The number of aryl methyl sites for hydroxylation is 1. The Labute approximate surface area is 266 Å². The van der Waals surface area contributed by atoms with Crippen molar-refractivity contribution in [1.29, 1.82) is 0 Å². The van der Waals surface area contributed by atoms with Crippen molar-refractivity contribution >= 4 is 34.6 Å². The molecule has 46 heavy (non-hydrogen) atoms. The monoisotopic (exact) mass is 620 g/mol. The third-order valence-electron chi connectivity index (χ3n) is 7.90. The molecule has 1 atom stereocenters. The molecule has 2 N–H and O–H groups in total. The number of methoxy groups -OCH3 is 1. The van der Waals surface area contributed by atoms with Crippen molar-refractivity contribution in [2.24, 2.45) is 0 Å². The molecule has 5 aromatic rings. The van der Waals surface area contributed by atoms with E-state index in [9.17, 15) is 19.5 Å². The lowest BCUT2D eigenvalue weighted by Gasteiger charge is -2.27. The number of rotatable bonds is 12. The maximum absolute atomic E-state index is 14.0. The fourth-order valence-corrected chi connectivity index (χ4v) is 5.36. The van der Waals surface area contributed by atoms with E-state index in [1.54, 1.807) is 55.3 Å². The van der Waals surface area contributed by atoms with Crippen molar-refractivity contribution in [3.05, 3.63) is 130 Å². The van der Waals surface area contributed by atoms with Crippen LogP contribution in [0.15, 0.2) is 106 Å². The average Bonchev–Trinajstić information content (AvgIpc) is 3.07. The molecule has 0 spiro atoms. The molecule has 5 rings (SSSR count). The number of amides is 2. The molecule has 1 heterocycles. The fraction of sp³-hybridized carbons (Fsp3) is 0.222. The highest BCUT2D eigenvalue weighted by Gasteiger charge is 2.26. The van der Waals surface area contributed by atoms with Crippen LogP contribution >= 0.6 is 0 Å². The predicted octanol–water partition coefficient (Wildman–Crippen LogP) is 6.26. The Morgan fingerprint density at radius 3 is 2.22 bits per heavy atom. The topological polar surface area (TPSA) is 125 Å².